The van der Waals surface area contributed by atoms with Gasteiger partial charge in [-0.2, -0.15) is 5.10 Å². The lowest BCUT2D eigenvalue weighted by Crippen LogP contribution is -2.23. The number of aryl methyl sites for hydroxylation is 1. The van der Waals surface area contributed by atoms with Crippen molar-refractivity contribution in [3.63, 3.8) is 0 Å². The maximum absolute atomic E-state index is 12.9. The Kier molecular flexibility index (Phi) is 4.89. The molecule has 0 N–H and O–H groups in total. The highest BCUT2D eigenvalue weighted by Gasteiger charge is 2.32. The van der Waals surface area contributed by atoms with Crippen LogP contribution in [0.15, 0.2) is 30.5 Å². The van der Waals surface area contributed by atoms with E-state index in [0.717, 1.165) is 11.3 Å². The zero-order chi connectivity index (χ0) is 20.5. The molecule has 1 aliphatic rings. The summed E-state index contributed by atoms with van der Waals surface area (Å²) in [5.74, 6) is 1.38. The number of ether oxygens (including phenoxy) is 3. The molecule has 9 nitrogen and oxygen atoms in total. The highest BCUT2D eigenvalue weighted by atomic mass is 16.5. The first-order valence-electron chi connectivity index (χ1n) is 8.97. The number of nitrogens with zero attached hydrogens (tertiary/aromatic N) is 5. The van der Waals surface area contributed by atoms with Gasteiger partial charge in [0, 0.05) is 32.0 Å². The van der Waals surface area contributed by atoms with E-state index in [0.29, 0.717) is 47.6 Å². The summed E-state index contributed by atoms with van der Waals surface area (Å²) in [6.07, 6.45) is 1.67. The van der Waals surface area contributed by atoms with Gasteiger partial charge >= 0.3 is 0 Å². The van der Waals surface area contributed by atoms with E-state index in [1.165, 1.54) is 7.11 Å². The van der Waals surface area contributed by atoms with Crippen molar-refractivity contribution in [3.8, 4) is 22.9 Å². The van der Waals surface area contributed by atoms with Crippen LogP contribution in [-0.2, 0) is 24.9 Å². The molecule has 4 rings (SSSR count). The van der Waals surface area contributed by atoms with Crippen LogP contribution in [0.3, 0.4) is 0 Å². The first-order chi connectivity index (χ1) is 14.0. The SMILES string of the molecule is COCc1cc(N2Cc3nc(-c4cnc(OC)c(OC)c4)ccc3C2=O)nn1C. The second kappa shape index (κ2) is 7.51. The minimum atomic E-state index is -0.119. The van der Waals surface area contributed by atoms with Crippen molar-refractivity contribution < 1.29 is 19.0 Å². The molecule has 1 aliphatic heterocycles. The number of pyridine rings is 2. The summed E-state index contributed by atoms with van der Waals surface area (Å²) in [6, 6.07) is 7.25. The van der Waals surface area contributed by atoms with Gasteiger partial charge < -0.3 is 14.2 Å². The zero-order valence-corrected chi connectivity index (χ0v) is 16.7. The van der Waals surface area contributed by atoms with E-state index >= 15 is 0 Å². The summed E-state index contributed by atoms with van der Waals surface area (Å²) in [6.45, 7) is 0.777. The molecule has 0 atom stereocenters. The number of aromatic nitrogens is 4. The Morgan fingerprint density at radius 2 is 1.97 bits per heavy atom. The number of carbonyl (C=O) groups excluding carboxylic acids is 1. The van der Waals surface area contributed by atoms with Crippen LogP contribution in [0.1, 0.15) is 21.7 Å². The molecule has 3 aromatic heterocycles. The van der Waals surface area contributed by atoms with Crippen LogP contribution >= 0.6 is 0 Å². The second-order valence-electron chi connectivity index (χ2n) is 6.57. The van der Waals surface area contributed by atoms with Crippen molar-refractivity contribution in [1.29, 1.82) is 0 Å². The fourth-order valence-corrected chi connectivity index (χ4v) is 3.31. The van der Waals surface area contributed by atoms with Gasteiger partial charge in [0.05, 0.1) is 50.0 Å². The molecule has 0 radical (unpaired) electrons. The number of anilines is 1. The number of hydrogen-bond donors (Lipinski definition) is 0. The zero-order valence-electron chi connectivity index (χ0n) is 16.7. The molecular formula is C20H21N5O4. The smallest absolute Gasteiger partial charge is 0.261 e. The lowest BCUT2D eigenvalue weighted by molar-refractivity contribution is 0.0996. The Morgan fingerprint density at radius 1 is 1.14 bits per heavy atom. The molecule has 150 valence electrons. The van der Waals surface area contributed by atoms with E-state index in [1.807, 2.05) is 19.2 Å². The largest absolute Gasteiger partial charge is 0.491 e. The van der Waals surface area contributed by atoms with Gasteiger partial charge in [0.1, 0.15) is 0 Å². The molecular weight excluding hydrogens is 374 g/mol. The summed E-state index contributed by atoms with van der Waals surface area (Å²) in [7, 11) is 6.54. The Labute approximate surface area is 167 Å². The van der Waals surface area contributed by atoms with Gasteiger partial charge in [0.25, 0.3) is 11.8 Å². The molecule has 3 aromatic rings. The summed E-state index contributed by atoms with van der Waals surface area (Å²) in [5, 5.41) is 4.44. The Hall–Kier alpha value is -3.46. The molecule has 0 fully saturated rings. The van der Waals surface area contributed by atoms with Crippen LogP contribution in [-0.4, -0.2) is 47.0 Å². The summed E-state index contributed by atoms with van der Waals surface area (Å²) < 4.78 is 17.4. The van der Waals surface area contributed by atoms with Crippen LogP contribution in [0.25, 0.3) is 11.3 Å². The molecule has 0 aromatic carbocycles. The van der Waals surface area contributed by atoms with Gasteiger partial charge in [-0.1, -0.05) is 0 Å². The van der Waals surface area contributed by atoms with Crippen LogP contribution < -0.4 is 14.4 Å². The van der Waals surface area contributed by atoms with Crippen LogP contribution in [0.2, 0.25) is 0 Å². The molecule has 0 unspecified atom stereocenters. The predicted octanol–water partition coefficient (Wildman–Crippen LogP) is 2.20. The standard InChI is InChI=1S/C20H21N5O4/c1-24-13(11-27-2)8-18(23-24)25-10-16-14(20(25)26)5-6-15(22-16)12-7-17(28-3)19(29-4)21-9-12/h5-9H,10-11H2,1-4H3. The van der Waals surface area contributed by atoms with E-state index in [2.05, 4.69) is 15.1 Å². The van der Waals surface area contributed by atoms with Gasteiger partial charge in [0.2, 0.25) is 0 Å². The highest BCUT2D eigenvalue weighted by Crippen LogP contribution is 2.32. The van der Waals surface area contributed by atoms with E-state index in [9.17, 15) is 4.79 Å². The summed E-state index contributed by atoms with van der Waals surface area (Å²) in [4.78, 5) is 23.4. The molecule has 0 spiro atoms. The lowest BCUT2D eigenvalue weighted by Gasteiger charge is -2.10. The minimum absolute atomic E-state index is 0.119. The van der Waals surface area contributed by atoms with Crippen LogP contribution in [0, 0.1) is 0 Å². The van der Waals surface area contributed by atoms with Crippen LogP contribution in [0.4, 0.5) is 5.82 Å². The monoisotopic (exact) mass is 395 g/mol. The number of methoxy groups -OCH3 is 3. The molecule has 0 aliphatic carbocycles. The number of carbonyl (C=O) groups is 1. The van der Waals surface area contributed by atoms with Crippen molar-refractivity contribution in [2.75, 3.05) is 26.2 Å². The molecule has 0 saturated carbocycles. The normalized spacial score (nSPS) is 13.0. The Bertz CT molecular complexity index is 1080. The van der Waals surface area contributed by atoms with Gasteiger partial charge in [0.15, 0.2) is 11.6 Å². The number of amides is 1. The van der Waals surface area contributed by atoms with Crippen molar-refractivity contribution in [2.45, 2.75) is 13.2 Å². The molecule has 29 heavy (non-hydrogen) atoms. The third kappa shape index (κ3) is 3.29. The van der Waals surface area contributed by atoms with Crippen LogP contribution in [0.5, 0.6) is 11.6 Å². The molecule has 0 saturated heterocycles. The maximum Gasteiger partial charge on any atom is 0.261 e. The lowest BCUT2D eigenvalue weighted by atomic mass is 10.1. The predicted molar refractivity (Wildman–Crippen MR) is 105 cm³/mol. The van der Waals surface area contributed by atoms with Gasteiger partial charge in [-0.05, 0) is 18.2 Å². The Morgan fingerprint density at radius 3 is 2.69 bits per heavy atom. The Balaban J connectivity index is 1.65. The highest BCUT2D eigenvalue weighted by molar-refractivity contribution is 6.09. The summed E-state index contributed by atoms with van der Waals surface area (Å²) >= 11 is 0. The van der Waals surface area contributed by atoms with Crippen molar-refractivity contribution in [2.24, 2.45) is 7.05 Å². The topological polar surface area (TPSA) is 91.6 Å². The maximum atomic E-state index is 12.9. The van der Waals surface area contributed by atoms with Gasteiger partial charge in [-0.15, -0.1) is 0 Å². The van der Waals surface area contributed by atoms with E-state index in [4.69, 9.17) is 14.2 Å². The van der Waals surface area contributed by atoms with Crippen molar-refractivity contribution in [3.05, 3.63) is 47.4 Å². The molecule has 9 heteroatoms. The minimum Gasteiger partial charge on any atom is -0.491 e. The fourth-order valence-electron chi connectivity index (χ4n) is 3.31. The molecule has 1 amide bonds. The summed E-state index contributed by atoms with van der Waals surface area (Å²) in [5.41, 5.74) is 3.63. The average molecular weight is 395 g/mol. The first-order valence-corrected chi connectivity index (χ1v) is 8.97. The van der Waals surface area contributed by atoms with Crippen molar-refractivity contribution >= 4 is 11.7 Å². The molecule has 0 bridgehead atoms. The molecule has 4 heterocycles. The fraction of sp³-hybridized carbons (Fsp3) is 0.300. The number of fused-ring (bicyclic) bond motifs is 1. The quantitative estimate of drug-likeness (QED) is 0.632. The second-order valence-corrected chi connectivity index (χ2v) is 6.57. The number of hydrogen-bond acceptors (Lipinski definition) is 7. The van der Waals surface area contributed by atoms with E-state index in [-0.39, 0.29) is 5.91 Å². The average Bonchev–Trinajstić information content (AvgIpc) is 3.27. The van der Waals surface area contributed by atoms with E-state index in [1.54, 1.807) is 42.1 Å². The van der Waals surface area contributed by atoms with Gasteiger partial charge in [-0.3, -0.25) is 19.4 Å². The van der Waals surface area contributed by atoms with E-state index < -0.39 is 0 Å². The first kappa shape index (κ1) is 18.9. The van der Waals surface area contributed by atoms with Gasteiger partial charge in [-0.25, -0.2) is 4.98 Å². The third-order valence-corrected chi connectivity index (χ3v) is 4.82. The third-order valence-electron chi connectivity index (χ3n) is 4.82. The number of rotatable bonds is 6. The van der Waals surface area contributed by atoms with Crippen molar-refractivity contribution in [1.82, 2.24) is 19.7 Å².